The Hall–Kier alpha value is -1.62. The Kier molecular flexibility index (Phi) is 5.99. The molecule has 0 saturated carbocycles. The van der Waals surface area contributed by atoms with E-state index >= 15 is 0 Å². The lowest BCUT2D eigenvalue weighted by molar-refractivity contribution is 0.0287. The number of ether oxygens (including phenoxy) is 1. The quantitative estimate of drug-likeness (QED) is 0.904. The molecule has 2 rings (SSSR count). The topological polar surface area (TPSA) is 54.5 Å². The molecule has 0 aliphatic carbocycles. The molecule has 1 aromatic heterocycles. The fraction of sp³-hybridized carbons (Fsp3) is 0.667. The minimum absolute atomic E-state index is 0.184. The molecule has 2 heterocycles. The van der Waals surface area contributed by atoms with Gasteiger partial charge in [0.15, 0.2) is 0 Å². The van der Waals surface area contributed by atoms with E-state index in [1.807, 2.05) is 37.9 Å². The Labute approximate surface area is 139 Å². The van der Waals surface area contributed by atoms with Crippen molar-refractivity contribution in [3.05, 3.63) is 30.1 Å². The molecule has 0 bridgehead atoms. The molecule has 1 fully saturated rings. The zero-order chi connectivity index (χ0) is 16.9. The first kappa shape index (κ1) is 17.7. The van der Waals surface area contributed by atoms with Crippen molar-refractivity contribution < 1.29 is 9.53 Å². The molecule has 5 nitrogen and oxygen atoms in total. The van der Waals surface area contributed by atoms with Crippen molar-refractivity contribution in [2.75, 3.05) is 19.6 Å². The molecule has 128 valence electrons. The molecule has 0 spiro atoms. The molecule has 23 heavy (non-hydrogen) atoms. The summed E-state index contributed by atoms with van der Waals surface area (Å²) < 4.78 is 5.43. The van der Waals surface area contributed by atoms with Crippen LogP contribution in [0.25, 0.3) is 0 Å². The van der Waals surface area contributed by atoms with Gasteiger partial charge in [-0.25, -0.2) is 4.79 Å². The largest absolute Gasteiger partial charge is 0.444 e. The molecule has 2 unspecified atom stereocenters. The van der Waals surface area contributed by atoms with Crippen LogP contribution in [0.2, 0.25) is 0 Å². The predicted octanol–water partition coefficient (Wildman–Crippen LogP) is 3.38. The average Bonchev–Trinajstić information content (AvgIpc) is 2.95. The van der Waals surface area contributed by atoms with Gasteiger partial charge in [0.05, 0.1) is 0 Å². The number of likely N-dealkylation sites (tertiary alicyclic amines) is 1. The maximum absolute atomic E-state index is 12.1. The Bertz CT molecular complexity index is 499. The second kappa shape index (κ2) is 7.77. The highest BCUT2D eigenvalue weighted by atomic mass is 16.6. The van der Waals surface area contributed by atoms with E-state index in [9.17, 15) is 4.79 Å². The number of hydrogen-bond acceptors (Lipinski definition) is 4. The molecule has 0 radical (unpaired) electrons. The van der Waals surface area contributed by atoms with Crippen LogP contribution < -0.4 is 5.32 Å². The summed E-state index contributed by atoms with van der Waals surface area (Å²) >= 11 is 0. The summed E-state index contributed by atoms with van der Waals surface area (Å²) in [5.41, 5.74) is 0.782. The molecule has 1 aromatic rings. The Morgan fingerprint density at radius 1 is 1.52 bits per heavy atom. The Morgan fingerprint density at radius 2 is 2.30 bits per heavy atom. The first-order valence-electron chi connectivity index (χ1n) is 8.46. The van der Waals surface area contributed by atoms with Crippen molar-refractivity contribution in [1.82, 2.24) is 15.2 Å². The van der Waals surface area contributed by atoms with Crippen LogP contribution in [0.15, 0.2) is 24.5 Å². The molecule has 2 atom stereocenters. The van der Waals surface area contributed by atoms with Crippen LogP contribution in [0.5, 0.6) is 0 Å². The van der Waals surface area contributed by atoms with Crippen LogP contribution in [-0.2, 0) is 4.74 Å². The smallest absolute Gasteiger partial charge is 0.410 e. The average molecular weight is 319 g/mol. The number of aromatic nitrogens is 1. The van der Waals surface area contributed by atoms with E-state index < -0.39 is 5.60 Å². The lowest BCUT2D eigenvalue weighted by Crippen LogP contribution is -2.35. The van der Waals surface area contributed by atoms with Crippen LogP contribution in [0.3, 0.4) is 0 Å². The molecule has 1 amide bonds. The van der Waals surface area contributed by atoms with Gasteiger partial charge in [-0.2, -0.15) is 0 Å². The highest BCUT2D eigenvalue weighted by Crippen LogP contribution is 2.22. The summed E-state index contributed by atoms with van der Waals surface area (Å²) in [7, 11) is 0. The van der Waals surface area contributed by atoms with E-state index in [1.54, 1.807) is 6.20 Å². The summed E-state index contributed by atoms with van der Waals surface area (Å²) in [5, 5.41) is 3.53. The fourth-order valence-corrected chi connectivity index (χ4v) is 2.81. The Morgan fingerprint density at radius 3 is 2.96 bits per heavy atom. The first-order valence-corrected chi connectivity index (χ1v) is 8.46. The zero-order valence-electron chi connectivity index (χ0n) is 14.7. The lowest BCUT2D eigenvalue weighted by Gasteiger charge is -2.24. The molecule has 1 N–H and O–H groups in total. The number of carbonyl (C=O) groups excluding carboxylic acids is 1. The van der Waals surface area contributed by atoms with Crippen molar-refractivity contribution in [1.29, 1.82) is 0 Å². The van der Waals surface area contributed by atoms with E-state index in [0.29, 0.717) is 12.0 Å². The van der Waals surface area contributed by atoms with Crippen LogP contribution in [-0.4, -0.2) is 41.2 Å². The molecular weight excluding hydrogens is 290 g/mol. The van der Waals surface area contributed by atoms with Gasteiger partial charge < -0.3 is 15.0 Å². The third-order valence-corrected chi connectivity index (χ3v) is 4.13. The number of pyridine rings is 1. The van der Waals surface area contributed by atoms with Crippen LogP contribution in [0.4, 0.5) is 4.79 Å². The van der Waals surface area contributed by atoms with Gasteiger partial charge in [-0.05, 0) is 64.6 Å². The van der Waals surface area contributed by atoms with Gasteiger partial charge in [-0.3, -0.25) is 4.98 Å². The van der Waals surface area contributed by atoms with E-state index in [4.69, 9.17) is 4.74 Å². The van der Waals surface area contributed by atoms with Crippen molar-refractivity contribution in [2.45, 2.75) is 52.2 Å². The predicted molar refractivity (Wildman–Crippen MR) is 91.2 cm³/mol. The van der Waals surface area contributed by atoms with Crippen molar-refractivity contribution in [3.63, 3.8) is 0 Å². The van der Waals surface area contributed by atoms with Crippen molar-refractivity contribution >= 4 is 6.09 Å². The second-order valence-corrected chi connectivity index (χ2v) is 7.33. The highest BCUT2D eigenvalue weighted by molar-refractivity contribution is 5.68. The fourth-order valence-electron chi connectivity index (χ4n) is 2.81. The summed E-state index contributed by atoms with van der Waals surface area (Å²) in [6.45, 7) is 10.4. The minimum atomic E-state index is -0.421. The number of hydrogen-bond donors (Lipinski definition) is 1. The van der Waals surface area contributed by atoms with E-state index in [2.05, 4.69) is 23.3 Å². The lowest BCUT2D eigenvalue weighted by atomic mass is 10.0. The minimum Gasteiger partial charge on any atom is -0.444 e. The summed E-state index contributed by atoms with van der Waals surface area (Å²) in [6, 6.07) is 4.35. The SMILES string of the molecule is CC(NCCC1CCN(C(=O)OC(C)(C)C)C1)c1cccnc1. The molecule has 1 aliphatic heterocycles. The standard InChI is InChI=1S/C18H29N3O2/c1-14(16-6-5-9-19-12-16)20-10-7-15-8-11-21(13-15)17(22)23-18(2,3)4/h5-6,9,12,14-15,20H,7-8,10-11,13H2,1-4H3. The van der Waals surface area contributed by atoms with Gasteiger partial charge in [0.1, 0.15) is 5.60 Å². The molecule has 0 aromatic carbocycles. The first-order chi connectivity index (χ1) is 10.8. The number of carbonyl (C=O) groups is 1. The third kappa shape index (κ3) is 5.82. The van der Waals surface area contributed by atoms with Crippen LogP contribution in [0, 0.1) is 5.92 Å². The van der Waals surface area contributed by atoms with Gasteiger partial charge in [-0.1, -0.05) is 6.07 Å². The second-order valence-electron chi connectivity index (χ2n) is 7.33. The van der Waals surface area contributed by atoms with Crippen molar-refractivity contribution in [3.8, 4) is 0 Å². The van der Waals surface area contributed by atoms with Gasteiger partial charge in [-0.15, -0.1) is 0 Å². The normalized spacial score (nSPS) is 19.7. The van der Waals surface area contributed by atoms with E-state index in [0.717, 1.165) is 32.5 Å². The number of nitrogens with one attached hydrogen (secondary N) is 1. The van der Waals surface area contributed by atoms with E-state index in [-0.39, 0.29) is 6.09 Å². The van der Waals surface area contributed by atoms with Gasteiger partial charge in [0.2, 0.25) is 0 Å². The van der Waals surface area contributed by atoms with Gasteiger partial charge >= 0.3 is 6.09 Å². The summed E-state index contributed by atoms with van der Waals surface area (Å²) in [6.07, 6.45) is 5.64. The van der Waals surface area contributed by atoms with Crippen LogP contribution >= 0.6 is 0 Å². The number of nitrogens with zero attached hydrogens (tertiary/aromatic N) is 2. The Balaban J connectivity index is 1.69. The van der Waals surface area contributed by atoms with Gasteiger partial charge in [0, 0.05) is 31.5 Å². The highest BCUT2D eigenvalue weighted by Gasteiger charge is 2.29. The number of amides is 1. The van der Waals surface area contributed by atoms with Gasteiger partial charge in [0.25, 0.3) is 0 Å². The number of rotatable bonds is 5. The zero-order valence-corrected chi connectivity index (χ0v) is 14.7. The monoisotopic (exact) mass is 319 g/mol. The third-order valence-electron chi connectivity index (χ3n) is 4.13. The molecule has 5 heteroatoms. The van der Waals surface area contributed by atoms with Crippen LogP contribution in [0.1, 0.15) is 52.1 Å². The molecule has 1 aliphatic rings. The molecular formula is C18H29N3O2. The molecule has 1 saturated heterocycles. The van der Waals surface area contributed by atoms with E-state index in [1.165, 1.54) is 5.56 Å². The maximum Gasteiger partial charge on any atom is 0.410 e. The van der Waals surface area contributed by atoms with Crippen molar-refractivity contribution in [2.24, 2.45) is 5.92 Å². The maximum atomic E-state index is 12.1. The summed E-state index contributed by atoms with van der Waals surface area (Å²) in [5.74, 6) is 0.552. The summed E-state index contributed by atoms with van der Waals surface area (Å²) in [4.78, 5) is 18.0.